The minimum absolute atomic E-state index is 0.151. The quantitative estimate of drug-likeness (QED) is 0.698. The van der Waals surface area contributed by atoms with Crippen LogP contribution in [0.15, 0.2) is 54.6 Å². The van der Waals surface area contributed by atoms with Crippen molar-refractivity contribution in [2.45, 2.75) is 38.5 Å². The van der Waals surface area contributed by atoms with Crippen LogP contribution < -0.4 is 4.74 Å². The first-order chi connectivity index (χ1) is 11.9. The maximum absolute atomic E-state index is 11.6. The highest BCUT2D eigenvalue weighted by Crippen LogP contribution is 2.31. The summed E-state index contributed by atoms with van der Waals surface area (Å²) in [5.41, 5.74) is 0.941. The van der Waals surface area contributed by atoms with Gasteiger partial charge in [0.15, 0.2) is 0 Å². The van der Waals surface area contributed by atoms with Crippen LogP contribution in [0.3, 0.4) is 0 Å². The summed E-state index contributed by atoms with van der Waals surface area (Å²) in [7, 11) is 0. The van der Waals surface area contributed by atoms with Gasteiger partial charge in [-0.3, -0.25) is 4.79 Å². The van der Waals surface area contributed by atoms with Crippen LogP contribution in [0, 0.1) is 5.92 Å². The van der Waals surface area contributed by atoms with Gasteiger partial charge in [0.05, 0.1) is 12.5 Å². The van der Waals surface area contributed by atoms with Crippen LogP contribution in [0.25, 0.3) is 0 Å². The molecule has 0 radical (unpaired) electrons. The molecular weight excluding hydrogens is 316 g/mol. The number of hydrogen-bond acceptors (Lipinski definition) is 3. The van der Waals surface area contributed by atoms with Gasteiger partial charge < -0.3 is 14.9 Å². The summed E-state index contributed by atoms with van der Waals surface area (Å²) in [6.45, 7) is 4.58. The number of ether oxygens (including phenoxy) is 1. The molecule has 4 nitrogen and oxygen atoms in total. The minimum Gasteiger partial charge on any atom is -0.508 e. The first-order valence-electron chi connectivity index (χ1n) is 8.58. The molecule has 0 heterocycles. The number of rotatable bonds is 9. The van der Waals surface area contributed by atoms with Gasteiger partial charge in [0.1, 0.15) is 11.5 Å². The van der Waals surface area contributed by atoms with E-state index in [0.29, 0.717) is 19.4 Å². The molecule has 4 heteroatoms. The van der Waals surface area contributed by atoms with Crippen LogP contribution in [0.2, 0.25) is 0 Å². The first kappa shape index (κ1) is 18.8. The van der Waals surface area contributed by atoms with Crippen LogP contribution >= 0.6 is 0 Å². The normalized spacial score (nSPS) is 12.6. The lowest BCUT2D eigenvalue weighted by atomic mass is 9.78. The van der Waals surface area contributed by atoms with E-state index < -0.39 is 11.9 Å². The Kier molecular flexibility index (Phi) is 6.45. The lowest BCUT2D eigenvalue weighted by molar-refractivity contribution is -0.142. The molecule has 1 atom stereocenters. The summed E-state index contributed by atoms with van der Waals surface area (Å²) in [5.74, 6) is -0.213. The lowest BCUT2D eigenvalue weighted by Crippen LogP contribution is -2.23. The number of aromatic hydroxyl groups is 1. The van der Waals surface area contributed by atoms with Crippen LogP contribution in [0.4, 0.5) is 0 Å². The van der Waals surface area contributed by atoms with E-state index in [4.69, 9.17) is 4.74 Å². The molecule has 0 aromatic heterocycles. The van der Waals surface area contributed by atoms with Gasteiger partial charge in [-0.05, 0) is 54.5 Å². The SMILES string of the molecule is CC(C)(CCC(CCOc1ccccc1)C(=O)O)c1ccc(O)cc1. The largest absolute Gasteiger partial charge is 0.508 e. The summed E-state index contributed by atoms with van der Waals surface area (Å²) in [6, 6.07) is 16.5. The van der Waals surface area contributed by atoms with E-state index in [0.717, 1.165) is 17.7 Å². The molecule has 0 fully saturated rings. The molecule has 0 saturated carbocycles. The summed E-state index contributed by atoms with van der Waals surface area (Å²) >= 11 is 0. The Balaban J connectivity index is 1.88. The summed E-state index contributed by atoms with van der Waals surface area (Å²) in [5, 5.41) is 18.9. The molecule has 2 aromatic rings. The maximum Gasteiger partial charge on any atom is 0.306 e. The topological polar surface area (TPSA) is 66.8 Å². The van der Waals surface area contributed by atoms with Gasteiger partial charge in [-0.15, -0.1) is 0 Å². The maximum atomic E-state index is 11.6. The number of phenols is 1. The molecule has 0 aliphatic rings. The molecule has 0 spiro atoms. The molecule has 2 aromatic carbocycles. The minimum atomic E-state index is -0.779. The molecule has 25 heavy (non-hydrogen) atoms. The van der Waals surface area contributed by atoms with Crippen molar-refractivity contribution in [1.29, 1.82) is 0 Å². The third-order valence-corrected chi connectivity index (χ3v) is 4.59. The second-order valence-electron chi connectivity index (χ2n) is 6.95. The monoisotopic (exact) mass is 342 g/mol. The zero-order valence-corrected chi connectivity index (χ0v) is 14.8. The summed E-state index contributed by atoms with van der Waals surface area (Å²) in [4.78, 5) is 11.6. The van der Waals surface area contributed by atoms with Gasteiger partial charge in [0, 0.05) is 0 Å². The fourth-order valence-electron chi connectivity index (χ4n) is 2.82. The van der Waals surface area contributed by atoms with Gasteiger partial charge >= 0.3 is 5.97 Å². The zero-order chi connectivity index (χ0) is 18.3. The number of phenolic OH excluding ortho intramolecular Hbond substituents is 1. The molecule has 0 bridgehead atoms. The van der Waals surface area contributed by atoms with E-state index in [1.165, 1.54) is 0 Å². The van der Waals surface area contributed by atoms with Gasteiger partial charge in [0.2, 0.25) is 0 Å². The van der Waals surface area contributed by atoms with Crippen LogP contribution in [-0.2, 0) is 10.2 Å². The van der Waals surface area contributed by atoms with Crippen molar-refractivity contribution >= 4 is 5.97 Å². The average Bonchev–Trinajstić information content (AvgIpc) is 2.59. The number of hydrogen-bond donors (Lipinski definition) is 2. The van der Waals surface area contributed by atoms with E-state index >= 15 is 0 Å². The molecule has 2 rings (SSSR count). The second-order valence-corrected chi connectivity index (χ2v) is 6.95. The molecule has 0 saturated heterocycles. The third-order valence-electron chi connectivity index (χ3n) is 4.59. The Morgan fingerprint density at radius 1 is 1.04 bits per heavy atom. The van der Waals surface area contributed by atoms with Crippen molar-refractivity contribution in [3.8, 4) is 11.5 Å². The predicted molar refractivity (Wildman–Crippen MR) is 98.0 cm³/mol. The summed E-state index contributed by atoms with van der Waals surface area (Å²) in [6.07, 6.45) is 1.82. The summed E-state index contributed by atoms with van der Waals surface area (Å²) < 4.78 is 5.63. The van der Waals surface area contributed by atoms with Crippen LogP contribution in [-0.4, -0.2) is 22.8 Å². The highest BCUT2D eigenvalue weighted by Gasteiger charge is 2.25. The number of aliphatic carboxylic acids is 1. The predicted octanol–water partition coefficient (Wildman–Crippen LogP) is 4.62. The molecule has 1 unspecified atom stereocenters. The number of carbonyl (C=O) groups is 1. The van der Waals surface area contributed by atoms with Crippen molar-refractivity contribution < 1.29 is 19.7 Å². The van der Waals surface area contributed by atoms with E-state index in [1.54, 1.807) is 12.1 Å². The standard InChI is InChI=1S/C21H26O4/c1-21(2,17-8-10-18(22)11-9-17)14-12-16(20(23)24)13-15-25-19-6-4-3-5-7-19/h3-11,16,22H,12-15H2,1-2H3,(H,23,24). The smallest absolute Gasteiger partial charge is 0.306 e. The van der Waals surface area contributed by atoms with Gasteiger partial charge in [-0.25, -0.2) is 0 Å². The Hall–Kier alpha value is -2.49. The van der Waals surface area contributed by atoms with Gasteiger partial charge in [0.25, 0.3) is 0 Å². The Morgan fingerprint density at radius 3 is 2.28 bits per heavy atom. The first-order valence-corrected chi connectivity index (χ1v) is 8.58. The zero-order valence-electron chi connectivity index (χ0n) is 14.8. The number of carboxylic acids is 1. The van der Waals surface area contributed by atoms with Crippen molar-refractivity contribution in [2.75, 3.05) is 6.61 Å². The van der Waals surface area contributed by atoms with Gasteiger partial charge in [-0.1, -0.05) is 44.2 Å². The van der Waals surface area contributed by atoms with Gasteiger partial charge in [-0.2, -0.15) is 0 Å². The van der Waals surface area contributed by atoms with Crippen molar-refractivity contribution in [1.82, 2.24) is 0 Å². The van der Waals surface area contributed by atoms with Crippen molar-refractivity contribution in [3.63, 3.8) is 0 Å². The van der Waals surface area contributed by atoms with E-state index in [2.05, 4.69) is 13.8 Å². The fraction of sp³-hybridized carbons (Fsp3) is 0.381. The molecule has 0 aliphatic carbocycles. The van der Waals surface area contributed by atoms with Crippen molar-refractivity contribution in [2.24, 2.45) is 5.92 Å². The third kappa shape index (κ3) is 5.82. The molecule has 0 amide bonds. The molecule has 134 valence electrons. The fourth-order valence-corrected chi connectivity index (χ4v) is 2.82. The van der Waals surface area contributed by atoms with Crippen LogP contribution in [0.5, 0.6) is 11.5 Å². The molecular formula is C21H26O4. The highest BCUT2D eigenvalue weighted by molar-refractivity contribution is 5.69. The van der Waals surface area contributed by atoms with E-state index in [-0.39, 0.29) is 11.2 Å². The van der Waals surface area contributed by atoms with E-state index in [9.17, 15) is 15.0 Å². The average molecular weight is 342 g/mol. The number of carboxylic acid groups (broad SMARTS) is 1. The Labute approximate surface area is 149 Å². The lowest BCUT2D eigenvalue weighted by Gasteiger charge is -2.27. The molecule has 2 N–H and O–H groups in total. The highest BCUT2D eigenvalue weighted by atomic mass is 16.5. The van der Waals surface area contributed by atoms with Crippen molar-refractivity contribution in [3.05, 3.63) is 60.2 Å². The van der Waals surface area contributed by atoms with E-state index in [1.807, 2.05) is 42.5 Å². The Morgan fingerprint density at radius 2 is 1.68 bits per heavy atom. The van der Waals surface area contributed by atoms with Crippen LogP contribution in [0.1, 0.15) is 38.7 Å². The Bertz CT molecular complexity index is 662. The second kappa shape index (κ2) is 8.56. The number of benzene rings is 2. The molecule has 0 aliphatic heterocycles. The number of para-hydroxylation sites is 1.